The van der Waals surface area contributed by atoms with Crippen LogP contribution in [0.1, 0.15) is 27.3 Å². The third-order valence-corrected chi connectivity index (χ3v) is 6.47. The van der Waals surface area contributed by atoms with Crippen LogP contribution in [0.25, 0.3) is 22.6 Å². The van der Waals surface area contributed by atoms with Crippen molar-refractivity contribution in [1.82, 2.24) is 29.5 Å². The molecule has 0 atom stereocenters. The maximum absolute atomic E-state index is 13.6. The number of hydrogen-bond acceptors (Lipinski definition) is 11. The molecule has 210 valence electrons. The number of halogens is 3. The van der Waals surface area contributed by atoms with Crippen LogP contribution in [0.2, 0.25) is 0 Å². The van der Waals surface area contributed by atoms with Gasteiger partial charge in [-0.2, -0.15) is 19.1 Å². The van der Waals surface area contributed by atoms with E-state index in [0.29, 0.717) is 60.6 Å². The van der Waals surface area contributed by atoms with Crippen molar-refractivity contribution in [3.8, 4) is 11.4 Å². The van der Waals surface area contributed by atoms with Crippen molar-refractivity contribution in [2.75, 3.05) is 43.2 Å². The number of carbonyl (C=O) groups is 1. The van der Waals surface area contributed by atoms with E-state index in [0.717, 1.165) is 12.1 Å². The van der Waals surface area contributed by atoms with E-state index in [9.17, 15) is 18.0 Å². The molecule has 0 unspecified atom stereocenters. The Labute approximate surface area is 226 Å². The highest BCUT2D eigenvalue weighted by Gasteiger charge is 2.31. The molecule has 0 radical (unpaired) electrons. The molecule has 0 bridgehead atoms. The molecule has 12 nitrogen and oxygen atoms in total. The maximum Gasteiger partial charge on any atom is 0.416 e. The molecule has 4 heterocycles. The number of nitrogens with two attached hydrogens (primary N) is 1. The van der Waals surface area contributed by atoms with Crippen molar-refractivity contribution in [2.24, 2.45) is 12.9 Å². The van der Waals surface area contributed by atoms with Crippen LogP contribution in [0.4, 0.5) is 24.9 Å². The highest BCUT2D eigenvalue weighted by molar-refractivity contribution is 5.88. The van der Waals surface area contributed by atoms with Gasteiger partial charge in [0.25, 0.3) is 0 Å². The van der Waals surface area contributed by atoms with Crippen LogP contribution in [-0.4, -0.2) is 68.8 Å². The van der Waals surface area contributed by atoms with Crippen LogP contribution in [0.3, 0.4) is 0 Å². The summed E-state index contributed by atoms with van der Waals surface area (Å²) in [5.74, 6) is 5.74. The van der Waals surface area contributed by atoms with E-state index in [-0.39, 0.29) is 23.5 Å². The number of hydrogen-bond donors (Lipinski definition) is 1. The average Bonchev–Trinajstić information content (AvgIpc) is 3.26. The standard InChI is InChI=1S/C25H26F3N9O3/c1-14-8-15(10-17(9-14)25(26,27)28)20-33-21-19(22(34-20)37-4-6-39-7-5-37)32-18(36(21)3)13-35(2)24-30-11-16(12-31-24)23(38)40-29/h8-12H,4-7,13,29H2,1-3H3. The third kappa shape index (κ3) is 5.37. The number of alkyl halides is 3. The summed E-state index contributed by atoms with van der Waals surface area (Å²) in [6, 6.07) is 3.78. The number of rotatable bonds is 6. The minimum absolute atomic E-state index is 0.102. The number of aryl methyl sites for hydroxylation is 2. The topological polar surface area (TPSA) is 137 Å². The quantitative estimate of drug-likeness (QED) is 0.350. The Kier molecular flexibility index (Phi) is 7.25. The average molecular weight is 558 g/mol. The van der Waals surface area contributed by atoms with Gasteiger partial charge in [0.05, 0.1) is 30.9 Å². The van der Waals surface area contributed by atoms with E-state index in [1.807, 2.05) is 4.90 Å². The predicted molar refractivity (Wildman–Crippen MR) is 138 cm³/mol. The fourth-order valence-corrected chi connectivity index (χ4v) is 4.41. The Bertz CT molecular complexity index is 1550. The normalized spacial score (nSPS) is 14.0. The van der Waals surface area contributed by atoms with Crippen LogP contribution >= 0.6 is 0 Å². The van der Waals surface area contributed by atoms with E-state index in [2.05, 4.69) is 19.8 Å². The van der Waals surface area contributed by atoms with Crippen molar-refractivity contribution in [3.05, 3.63) is 53.1 Å². The number of nitrogens with zero attached hydrogens (tertiary/aromatic N) is 8. The van der Waals surface area contributed by atoms with Gasteiger partial charge < -0.3 is 23.9 Å². The molecule has 2 N–H and O–H groups in total. The van der Waals surface area contributed by atoms with Gasteiger partial charge in [-0.1, -0.05) is 0 Å². The minimum atomic E-state index is -4.51. The number of fused-ring (bicyclic) bond motifs is 1. The Morgan fingerprint density at radius 3 is 2.48 bits per heavy atom. The molecule has 1 aliphatic rings. The second-order valence-electron chi connectivity index (χ2n) is 9.35. The van der Waals surface area contributed by atoms with Gasteiger partial charge in [0.1, 0.15) is 5.82 Å². The SMILES string of the molecule is Cc1cc(-c2nc(N3CCOCC3)c3nc(CN(C)c4ncc(C(=O)ON)cn4)n(C)c3n2)cc(C(F)(F)F)c1. The Morgan fingerprint density at radius 1 is 1.12 bits per heavy atom. The van der Waals surface area contributed by atoms with Crippen LogP contribution < -0.4 is 15.7 Å². The molecule has 1 saturated heterocycles. The number of ether oxygens (including phenoxy) is 1. The Balaban J connectivity index is 1.57. The van der Waals surface area contributed by atoms with Crippen LogP contribution in [0.5, 0.6) is 0 Å². The molecule has 4 aromatic rings. The first-order valence-corrected chi connectivity index (χ1v) is 12.2. The lowest BCUT2D eigenvalue weighted by Gasteiger charge is -2.28. The molecule has 0 amide bonds. The summed E-state index contributed by atoms with van der Waals surface area (Å²) in [5.41, 5.74) is 1.02. The molecule has 5 rings (SSSR count). The number of carbonyl (C=O) groups excluding carboxylic acids is 1. The van der Waals surface area contributed by atoms with Gasteiger partial charge in [-0.05, 0) is 30.7 Å². The highest BCUT2D eigenvalue weighted by Crippen LogP contribution is 2.34. The van der Waals surface area contributed by atoms with E-state index in [1.54, 1.807) is 36.6 Å². The first kappa shape index (κ1) is 27.2. The first-order valence-electron chi connectivity index (χ1n) is 12.2. The fourth-order valence-electron chi connectivity index (χ4n) is 4.41. The molecule has 15 heteroatoms. The van der Waals surface area contributed by atoms with Gasteiger partial charge in [-0.3, -0.25) is 0 Å². The zero-order chi connectivity index (χ0) is 28.6. The lowest BCUT2D eigenvalue weighted by molar-refractivity contribution is -0.137. The van der Waals surface area contributed by atoms with Crippen molar-refractivity contribution >= 4 is 28.9 Å². The van der Waals surface area contributed by atoms with Crippen LogP contribution in [0, 0.1) is 6.92 Å². The second kappa shape index (κ2) is 10.7. The summed E-state index contributed by atoms with van der Waals surface area (Å²) in [6.07, 6.45) is -1.91. The summed E-state index contributed by atoms with van der Waals surface area (Å²) in [4.78, 5) is 42.0. The summed E-state index contributed by atoms with van der Waals surface area (Å²) in [7, 11) is 3.53. The molecular formula is C25H26F3N9O3. The molecule has 1 aromatic carbocycles. The number of benzene rings is 1. The highest BCUT2D eigenvalue weighted by atomic mass is 19.4. The second-order valence-corrected chi connectivity index (χ2v) is 9.35. The molecule has 1 aliphatic heterocycles. The summed E-state index contributed by atoms with van der Waals surface area (Å²) >= 11 is 0. The Hall–Kier alpha value is -4.37. The van der Waals surface area contributed by atoms with Gasteiger partial charge in [0, 0.05) is 45.1 Å². The molecule has 0 spiro atoms. The van der Waals surface area contributed by atoms with Crippen molar-refractivity contribution < 1.29 is 27.5 Å². The van der Waals surface area contributed by atoms with Crippen molar-refractivity contribution in [3.63, 3.8) is 0 Å². The monoisotopic (exact) mass is 557 g/mol. The molecule has 3 aromatic heterocycles. The van der Waals surface area contributed by atoms with E-state index in [1.165, 1.54) is 12.4 Å². The van der Waals surface area contributed by atoms with Gasteiger partial charge in [-0.15, -0.1) is 0 Å². The zero-order valence-corrected chi connectivity index (χ0v) is 21.9. The molecular weight excluding hydrogens is 531 g/mol. The number of imidazole rings is 1. The van der Waals surface area contributed by atoms with Crippen LogP contribution in [-0.2, 0) is 29.3 Å². The van der Waals surface area contributed by atoms with Gasteiger partial charge in [0.2, 0.25) is 5.95 Å². The zero-order valence-electron chi connectivity index (χ0n) is 21.9. The maximum atomic E-state index is 13.6. The van der Waals surface area contributed by atoms with Gasteiger partial charge in [-0.25, -0.2) is 29.7 Å². The minimum Gasteiger partial charge on any atom is -0.378 e. The van der Waals surface area contributed by atoms with Gasteiger partial charge >= 0.3 is 12.1 Å². The van der Waals surface area contributed by atoms with Crippen molar-refractivity contribution in [2.45, 2.75) is 19.6 Å². The predicted octanol–water partition coefficient (Wildman–Crippen LogP) is 2.65. The third-order valence-electron chi connectivity index (χ3n) is 6.47. The first-order chi connectivity index (χ1) is 19.0. The number of aromatic nitrogens is 6. The number of anilines is 2. The smallest absolute Gasteiger partial charge is 0.378 e. The molecule has 0 aliphatic carbocycles. The van der Waals surface area contributed by atoms with Gasteiger partial charge in [0.15, 0.2) is 22.8 Å². The lowest BCUT2D eigenvalue weighted by atomic mass is 10.1. The summed E-state index contributed by atoms with van der Waals surface area (Å²) in [6.45, 7) is 3.92. The van der Waals surface area contributed by atoms with E-state index >= 15 is 0 Å². The summed E-state index contributed by atoms with van der Waals surface area (Å²) in [5, 5.41) is 0. The van der Waals surface area contributed by atoms with E-state index < -0.39 is 17.7 Å². The molecule has 0 saturated carbocycles. The van der Waals surface area contributed by atoms with Crippen molar-refractivity contribution in [1.29, 1.82) is 0 Å². The summed E-state index contributed by atoms with van der Waals surface area (Å²) < 4.78 is 48.0. The Morgan fingerprint density at radius 2 is 1.82 bits per heavy atom. The van der Waals surface area contributed by atoms with E-state index in [4.69, 9.17) is 20.6 Å². The largest absolute Gasteiger partial charge is 0.416 e. The number of morpholine rings is 1. The molecule has 40 heavy (non-hydrogen) atoms. The molecule has 1 fully saturated rings. The lowest BCUT2D eigenvalue weighted by Crippen LogP contribution is -2.37. The fraction of sp³-hybridized carbons (Fsp3) is 0.360. The van der Waals surface area contributed by atoms with Crippen LogP contribution in [0.15, 0.2) is 30.6 Å².